The SMILES string of the molecule is CN(Cc1cnn(C)c1)C(=O)NC[C@@H](c1cccs1)c1c[nH]c2ccccc12. The van der Waals surface area contributed by atoms with Gasteiger partial charge in [0, 0.05) is 60.3 Å². The Morgan fingerprint density at radius 2 is 2.18 bits per heavy atom. The van der Waals surface area contributed by atoms with Crippen molar-refractivity contribution in [1.29, 1.82) is 0 Å². The number of H-pyrrole nitrogens is 1. The highest BCUT2D eigenvalue weighted by atomic mass is 32.1. The zero-order valence-electron chi connectivity index (χ0n) is 15.9. The van der Waals surface area contributed by atoms with E-state index in [1.807, 2.05) is 25.4 Å². The van der Waals surface area contributed by atoms with Crippen LogP contribution >= 0.6 is 11.3 Å². The molecular weight excluding hydrogens is 370 g/mol. The lowest BCUT2D eigenvalue weighted by Crippen LogP contribution is -2.38. The average Bonchev–Trinajstić information content (AvgIpc) is 3.44. The van der Waals surface area contributed by atoms with Gasteiger partial charge in [0.25, 0.3) is 0 Å². The summed E-state index contributed by atoms with van der Waals surface area (Å²) in [5, 5.41) is 10.5. The van der Waals surface area contributed by atoms with Crippen molar-refractivity contribution in [1.82, 2.24) is 25.0 Å². The molecule has 3 heterocycles. The number of rotatable bonds is 6. The van der Waals surface area contributed by atoms with Gasteiger partial charge in [-0.2, -0.15) is 5.10 Å². The van der Waals surface area contributed by atoms with Crippen molar-refractivity contribution >= 4 is 28.3 Å². The molecule has 0 fully saturated rings. The number of amides is 2. The first-order valence-electron chi connectivity index (χ1n) is 9.17. The summed E-state index contributed by atoms with van der Waals surface area (Å²) in [7, 11) is 3.67. The van der Waals surface area contributed by atoms with E-state index in [1.54, 1.807) is 34.2 Å². The molecule has 0 spiro atoms. The van der Waals surface area contributed by atoms with Gasteiger partial charge in [0.2, 0.25) is 0 Å². The lowest BCUT2D eigenvalue weighted by atomic mass is 9.97. The van der Waals surface area contributed by atoms with Crippen LogP contribution in [0.25, 0.3) is 10.9 Å². The van der Waals surface area contributed by atoms with E-state index in [0.29, 0.717) is 13.1 Å². The molecule has 0 aliphatic rings. The number of urea groups is 1. The summed E-state index contributed by atoms with van der Waals surface area (Å²) >= 11 is 1.71. The smallest absolute Gasteiger partial charge is 0.317 e. The van der Waals surface area contributed by atoms with Crippen LogP contribution < -0.4 is 5.32 Å². The van der Waals surface area contributed by atoms with Crippen LogP contribution in [-0.2, 0) is 13.6 Å². The molecule has 3 aromatic heterocycles. The summed E-state index contributed by atoms with van der Waals surface area (Å²) in [5.74, 6) is 0.104. The average molecular weight is 394 g/mol. The summed E-state index contributed by atoms with van der Waals surface area (Å²) in [6, 6.07) is 12.4. The summed E-state index contributed by atoms with van der Waals surface area (Å²) < 4.78 is 1.74. The number of benzene rings is 1. The second kappa shape index (κ2) is 7.90. The normalized spacial score (nSPS) is 12.2. The molecule has 28 heavy (non-hydrogen) atoms. The first-order chi connectivity index (χ1) is 13.6. The van der Waals surface area contributed by atoms with E-state index in [0.717, 1.165) is 11.1 Å². The number of nitrogens with one attached hydrogen (secondary N) is 2. The number of carbonyl (C=O) groups is 1. The molecule has 4 aromatic rings. The standard InChI is InChI=1S/C21H23N5OS/c1-25(13-15-10-24-26(2)14-15)21(27)23-12-18(20-8-5-9-28-20)17-11-22-19-7-4-3-6-16(17)19/h3-11,14,18,22H,12-13H2,1-2H3,(H,23,27)/t18-/m1/s1. The van der Waals surface area contributed by atoms with E-state index in [-0.39, 0.29) is 11.9 Å². The highest BCUT2D eigenvalue weighted by Crippen LogP contribution is 2.32. The number of aryl methyl sites for hydroxylation is 1. The maximum atomic E-state index is 12.6. The van der Waals surface area contributed by atoms with Crippen molar-refractivity contribution in [2.75, 3.05) is 13.6 Å². The minimum Gasteiger partial charge on any atom is -0.361 e. The van der Waals surface area contributed by atoms with Crippen LogP contribution in [0.15, 0.2) is 60.4 Å². The van der Waals surface area contributed by atoms with E-state index in [1.165, 1.54) is 15.8 Å². The fourth-order valence-corrected chi connectivity index (χ4v) is 4.31. The van der Waals surface area contributed by atoms with Crippen LogP contribution in [0, 0.1) is 0 Å². The Morgan fingerprint density at radius 1 is 1.32 bits per heavy atom. The third-order valence-electron chi connectivity index (χ3n) is 4.87. The molecular formula is C21H23N5OS. The molecule has 4 rings (SSSR count). The Hall–Kier alpha value is -3.06. The van der Waals surface area contributed by atoms with Crippen LogP contribution in [0.2, 0.25) is 0 Å². The van der Waals surface area contributed by atoms with Gasteiger partial charge in [-0.05, 0) is 23.1 Å². The maximum absolute atomic E-state index is 12.6. The number of hydrogen-bond donors (Lipinski definition) is 2. The number of fused-ring (bicyclic) bond motifs is 1. The van der Waals surface area contributed by atoms with Gasteiger partial charge in [-0.25, -0.2) is 4.79 Å². The minimum atomic E-state index is -0.0924. The van der Waals surface area contributed by atoms with Crippen LogP contribution in [-0.4, -0.2) is 39.3 Å². The molecule has 0 bridgehead atoms. The molecule has 2 N–H and O–H groups in total. The highest BCUT2D eigenvalue weighted by Gasteiger charge is 2.21. The molecule has 2 amide bonds. The van der Waals surface area contributed by atoms with Crippen LogP contribution in [0.5, 0.6) is 0 Å². The first kappa shape index (κ1) is 18.3. The quantitative estimate of drug-likeness (QED) is 0.521. The zero-order chi connectivity index (χ0) is 19.5. The van der Waals surface area contributed by atoms with Gasteiger partial charge >= 0.3 is 6.03 Å². The topological polar surface area (TPSA) is 66.0 Å². The van der Waals surface area contributed by atoms with Gasteiger partial charge in [0.15, 0.2) is 0 Å². The van der Waals surface area contributed by atoms with Crippen LogP contribution in [0.1, 0.15) is 21.9 Å². The first-order valence-corrected chi connectivity index (χ1v) is 10.1. The van der Waals surface area contributed by atoms with Crippen molar-refractivity contribution in [3.05, 3.63) is 76.4 Å². The van der Waals surface area contributed by atoms with Gasteiger partial charge in [0.1, 0.15) is 0 Å². The van der Waals surface area contributed by atoms with E-state index in [4.69, 9.17) is 0 Å². The summed E-state index contributed by atoms with van der Waals surface area (Å²) in [4.78, 5) is 18.9. The molecule has 1 aromatic carbocycles. The molecule has 7 heteroatoms. The van der Waals surface area contributed by atoms with Crippen LogP contribution in [0.4, 0.5) is 4.79 Å². The lowest BCUT2D eigenvalue weighted by Gasteiger charge is -2.21. The summed E-state index contributed by atoms with van der Waals surface area (Å²) in [5.41, 5.74) is 3.32. The van der Waals surface area contributed by atoms with Gasteiger partial charge < -0.3 is 15.2 Å². The molecule has 0 saturated carbocycles. The van der Waals surface area contributed by atoms with Crippen molar-refractivity contribution in [3.63, 3.8) is 0 Å². The van der Waals surface area contributed by atoms with E-state index in [2.05, 4.69) is 51.2 Å². The summed E-state index contributed by atoms with van der Waals surface area (Å²) in [6.07, 6.45) is 5.76. The van der Waals surface area contributed by atoms with E-state index in [9.17, 15) is 4.79 Å². The monoisotopic (exact) mass is 393 g/mol. The predicted octanol–water partition coefficient (Wildman–Crippen LogP) is 3.94. The highest BCUT2D eigenvalue weighted by molar-refractivity contribution is 7.10. The van der Waals surface area contributed by atoms with E-state index < -0.39 is 0 Å². The second-order valence-electron chi connectivity index (χ2n) is 6.92. The van der Waals surface area contributed by atoms with Gasteiger partial charge in [0.05, 0.1) is 12.7 Å². The molecule has 0 aliphatic carbocycles. The second-order valence-corrected chi connectivity index (χ2v) is 7.90. The number of para-hydroxylation sites is 1. The Kier molecular flexibility index (Phi) is 5.16. The maximum Gasteiger partial charge on any atom is 0.317 e. The molecule has 144 valence electrons. The van der Waals surface area contributed by atoms with Gasteiger partial charge in [-0.3, -0.25) is 4.68 Å². The molecule has 0 radical (unpaired) electrons. The van der Waals surface area contributed by atoms with Gasteiger partial charge in [-0.15, -0.1) is 11.3 Å². The molecule has 6 nitrogen and oxygen atoms in total. The number of carbonyl (C=O) groups excluding carboxylic acids is 1. The molecule has 0 unspecified atom stereocenters. The minimum absolute atomic E-state index is 0.0924. The Balaban J connectivity index is 1.50. The summed E-state index contributed by atoms with van der Waals surface area (Å²) in [6.45, 7) is 1.06. The number of thiophene rings is 1. The molecule has 0 saturated heterocycles. The van der Waals surface area contributed by atoms with Crippen molar-refractivity contribution in [2.24, 2.45) is 7.05 Å². The van der Waals surface area contributed by atoms with Crippen molar-refractivity contribution < 1.29 is 4.79 Å². The number of aromatic nitrogens is 3. The predicted molar refractivity (Wildman–Crippen MR) is 113 cm³/mol. The molecule has 0 aliphatic heterocycles. The fraction of sp³-hybridized carbons (Fsp3) is 0.238. The van der Waals surface area contributed by atoms with Crippen LogP contribution in [0.3, 0.4) is 0 Å². The fourth-order valence-electron chi connectivity index (χ4n) is 3.46. The largest absolute Gasteiger partial charge is 0.361 e. The third-order valence-corrected chi connectivity index (χ3v) is 5.85. The van der Waals surface area contributed by atoms with Crippen molar-refractivity contribution in [3.8, 4) is 0 Å². The number of hydrogen-bond acceptors (Lipinski definition) is 3. The number of aromatic amines is 1. The third kappa shape index (κ3) is 3.80. The van der Waals surface area contributed by atoms with E-state index >= 15 is 0 Å². The van der Waals surface area contributed by atoms with Gasteiger partial charge in [-0.1, -0.05) is 24.3 Å². The van der Waals surface area contributed by atoms with Crippen molar-refractivity contribution in [2.45, 2.75) is 12.5 Å². The Bertz CT molecular complexity index is 1070. The Labute approximate surface area is 167 Å². The lowest BCUT2D eigenvalue weighted by molar-refractivity contribution is 0.206. The number of nitrogens with zero attached hydrogens (tertiary/aromatic N) is 3. The zero-order valence-corrected chi connectivity index (χ0v) is 16.7. The Morgan fingerprint density at radius 3 is 2.93 bits per heavy atom. The molecule has 1 atom stereocenters.